The van der Waals surface area contributed by atoms with Crippen molar-refractivity contribution in [2.75, 3.05) is 38.2 Å². The standard InChI is InChI=1S/C21H30N4O3/c1-3-22-21(23-14-19(26)20-10-6-12-28-20)24-16-7-5-11-25(15-16)17-8-4-9-18(13-17)27-2/h4,6,8-10,12-13,16,19,26H,3,5,7,11,14-15H2,1-2H3,(H2,22,23,24). The van der Waals surface area contributed by atoms with Gasteiger partial charge in [0.15, 0.2) is 5.96 Å². The van der Waals surface area contributed by atoms with Gasteiger partial charge in [-0.25, -0.2) is 0 Å². The highest BCUT2D eigenvalue weighted by Crippen LogP contribution is 2.24. The summed E-state index contributed by atoms with van der Waals surface area (Å²) in [6.07, 6.45) is 2.99. The fourth-order valence-corrected chi connectivity index (χ4v) is 3.40. The number of rotatable bonds is 7. The third kappa shape index (κ3) is 5.42. The van der Waals surface area contributed by atoms with E-state index in [2.05, 4.69) is 32.7 Å². The van der Waals surface area contributed by atoms with E-state index in [4.69, 9.17) is 9.15 Å². The van der Waals surface area contributed by atoms with E-state index >= 15 is 0 Å². The summed E-state index contributed by atoms with van der Waals surface area (Å²) in [6, 6.07) is 12.0. The fraction of sp³-hybridized carbons (Fsp3) is 0.476. The molecule has 1 fully saturated rings. The van der Waals surface area contributed by atoms with Gasteiger partial charge in [-0.05, 0) is 44.0 Å². The molecule has 152 valence electrons. The molecule has 7 nitrogen and oxygen atoms in total. The highest BCUT2D eigenvalue weighted by molar-refractivity contribution is 5.80. The van der Waals surface area contributed by atoms with Crippen molar-refractivity contribution >= 4 is 11.6 Å². The summed E-state index contributed by atoms with van der Waals surface area (Å²) in [5, 5.41) is 17.0. The van der Waals surface area contributed by atoms with Gasteiger partial charge in [0, 0.05) is 37.4 Å². The number of anilines is 1. The highest BCUT2D eigenvalue weighted by Gasteiger charge is 2.21. The van der Waals surface area contributed by atoms with Crippen molar-refractivity contribution < 1.29 is 14.3 Å². The molecule has 2 atom stereocenters. The van der Waals surface area contributed by atoms with Crippen molar-refractivity contribution in [2.24, 2.45) is 4.99 Å². The molecule has 0 aliphatic carbocycles. The van der Waals surface area contributed by atoms with Crippen LogP contribution in [0.2, 0.25) is 0 Å². The van der Waals surface area contributed by atoms with Crippen LogP contribution in [0.4, 0.5) is 5.69 Å². The van der Waals surface area contributed by atoms with Gasteiger partial charge in [0.2, 0.25) is 0 Å². The largest absolute Gasteiger partial charge is 0.497 e. The smallest absolute Gasteiger partial charge is 0.191 e. The van der Waals surface area contributed by atoms with E-state index in [1.165, 1.54) is 5.69 Å². The first-order valence-electron chi connectivity index (χ1n) is 9.85. The summed E-state index contributed by atoms with van der Waals surface area (Å²) in [6.45, 7) is 4.95. The number of benzene rings is 1. The minimum absolute atomic E-state index is 0.245. The van der Waals surface area contributed by atoms with Gasteiger partial charge in [0.1, 0.15) is 17.6 Å². The Bertz CT molecular complexity index is 748. The molecule has 28 heavy (non-hydrogen) atoms. The SMILES string of the molecule is CCNC(=NCC(O)c1ccco1)NC1CCCN(c2cccc(OC)c2)C1. The lowest BCUT2D eigenvalue weighted by atomic mass is 10.0. The van der Waals surface area contributed by atoms with Crippen molar-refractivity contribution in [3.63, 3.8) is 0 Å². The lowest BCUT2D eigenvalue weighted by molar-refractivity contribution is 0.158. The number of piperidine rings is 1. The molecule has 1 aromatic carbocycles. The minimum Gasteiger partial charge on any atom is -0.497 e. The van der Waals surface area contributed by atoms with Gasteiger partial charge in [-0.3, -0.25) is 4.99 Å². The minimum atomic E-state index is -0.745. The van der Waals surface area contributed by atoms with Crippen LogP contribution >= 0.6 is 0 Å². The molecule has 0 saturated carbocycles. The van der Waals surface area contributed by atoms with Crippen LogP contribution < -0.4 is 20.3 Å². The number of guanidine groups is 1. The lowest BCUT2D eigenvalue weighted by Gasteiger charge is -2.35. The molecule has 1 aliphatic heterocycles. The highest BCUT2D eigenvalue weighted by atomic mass is 16.5. The number of hydrogen-bond acceptors (Lipinski definition) is 5. The molecule has 0 bridgehead atoms. The van der Waals surface area contributed by atoms with Crippen LogP contribution in [0.15, 0.2) is 52.1 Å². The van der Waals surface area contributed by atoms with Crippen molar-refractivity contribution in [1.29, 1.82) is 0 Å². The van der Waals surface area contributed by atoms with E-state index < -0.39 is 6.10 Å². The van der Waals surface area contributed by atoms with Crippen LogP contribution in [0.1, 0.15) is 31.6 Å². The maximum absolute atomic E-state index is 10.2. The third-order valence-corrected chi connectivity index (χ3v) is 4.82. The van der Waals surface area contributed by atoms with Crippen LogP contribution in [-0.2, 0) is 0 Å². The maximum atomic E-state index is 10.2. The Morgan fingerprint density at radius 1 is 1.39 bits per heavy atom. The van der Waals surface area contributed by atoms with Crippen molar-refractivity contribution in [1.82, 2.24) is 10.6 Å². The second-order valence-corrected chi connectivity index (χ2v) is 6.88. The molecular weight excluding hydrogens is 356 g/mol. The van der Waals surface area contributed by atoms with Crippen LogP contribution in [-0.4, -0.2) is 50.4 Å². The van der Waals surface area contributed by atoms with Gasteiger partial charge in [-0.2, -0.15) is 0 Å². The molecule has 2 aromatic rings. The number of nitrogens with zero attached hydrogens (tertiary/aromatic N) is 2. The summed E-state index contributed by atoms with van der Waals surface area (Å²) in [5.41, 5.74) is 1.17. The fourth-order valence-electron chi connectivity index (χ4n) is 3.40. The Labute approximate surface area is 166 Å². The number of aliphatic hydroxyl groups excluding tert-OH is 1. The summed E-state index contributed by atoms with van der Waals surface area (Å²) < 4.78 is 10.6. The Morgan fingerprint density at radius 2 is 2.29 bits per heavy atom. The van der Waals surface area contributed by atoms with Gasteiger partial charge in [0.05, 0.1) is 19.9 Å². The molecule has 3 N–H and O–H groups in total. The molecule has 2 heterocycles. The summed E-state index contributed by atoms with van der Waals surface area (Å²) >= 11 is 0. The molecule has 1 aromatic heterocycles. The van der Waals surface area contributed by atoms with Gasteiger partial charge < -0.3 is 29.8 Å². The molecule has 0 amide bonds. The number of nitrogens with one attached hydrogen (secondary N) is 2. The zero-order valence-corrected chi connectivity index (χ0v) is 16.6. The van der Waals surface area contributed by atoms with Gasteiger partial charge in [-0.1, -0.05) is 6.07 Å². The van der Waals surface area contributed by atoms with Crippen LogP contribution in [0.5, 0.6) is 5.75 Å². The normalized spacial score (nSPS) is 18.6. The molecule has 2 unspecified atom stereocenters. The van der Waals surface area contributed by atoms with Crippen LogP contribution in [0, 0.1) is 0 Å². The van der Waals surface area contributed by atoms with E-state index in [9.17, 15) is 5.11 Å². The molecule has 0 spiro atoms. The van der Waals surface area contributed by atoms with Crippen molar-refractivity contribution in [3.05, 3.63) is 48.4 Å². The van der Waals surface area contributed by atoms with Gasteiger partial charge >= 0.3 is 0 Å². The Kier molecular flexibility index (Phi) is 7.19. The van der Waals surface area contributed by atoms with Crippen molar-refractivity contribution in [3.8, 4) is 5.75 Å². The average Bonchev–Trinajstić information content (AvgIpc) is 3.27. The Morgan fingerprint density at radius 3 is 3.04 bits per heavy atom. The number of ether oxygens (including phenoxy) is 1. The summed E-state index contributed by atoms with van der Waals surface area (Å²) in [7, 11) is 1.69. The van der Waals surface area contributed by atoms with E-state index in [0.717, 1.165) is 38.2 Å². The maximum Gasteiger partial charge on any atom is 0.191 e. The monoisotopic (exact) mass is 386 g/mol. The predicted molar refractivity (Wildman–Crippen MR) is 111 cm³/mol. The first kappa shape index (κ1) is 20.1. The average molecular weight is 386 g/mol. The number of hydrogen-bond donors (Lipinski definition) is 3. The quantitative estimate of drug-likeness (QED) is 0.501. The van der Waals surface area contributed by atoms with E-state index in [0.29, 0.717) is 11.7 Å². The molecule has 1 aliphatic rings. The number of methoxy groups -OCH3 is 1. The van der Waals surface area contributed by atoms with Gasteiger partial charge in [0.25, 0.3) is 0 Å². The van der Waals surface area contributed by atoms with E-state index in [-0.39, 0.29) is 12.6 Å². The zero-order chi connectivity index (χ0) is 19.8. The number of furan rings is 1. The zero-order valence-electron chi connectivity index (χ0n) is 16.6. The lowest BCUT2D eigenvalue weighted by Crippen LogP contribution is -2.51. The molecule has 7 heteroatoms. The number of aliphatic imine (C=N–C) groups is 1. The Balaban J connectivity index is 1.61. The second-order valence-electron chi connectivity index (χ2n) is 6.88. The Hall–Kier alpha value is -2.67. The van der Waals surface area contributed by atoms with E-state index in [1.54, 1.807) is 25.5 Å². The first-order valence-corrected chi connectivity index (χ1v) is 9.85. The van der Waals surface area contributed by atoms with Crippen molar-refractivity contribution in [2.45, 2.75) is 31.9 Å². The molecule has 1 saturated heterocycles. The predicted octanol–water partition coefficient (Wildman–Crippen LogP) is 2.55. The molecular formula is C21H30N4O3. The third-order valence-electron chi connectivity index (χ3n) is 4.82. The second kappa shape index (κ2) is 10.0. The molecule has 0 radical (unpaired) electrons. The summed E-state index contributed by atoms with van der Waals surface area (Å²) in [5.74, 6) is 2.11. The van der Waals surface area contributed by atoms with E-state index in [1.807, 2.05) is 19.1 Å². The van der Waals surface area contributed by atoms with Gasteiger partial charge in [-0.15, -0.1) is 0 Å². The van der Waals surface area contributed by atoms with Crippen LogP contribution in [0.25, 0.3) is 0 Å². The topological polar surface area (TPSA) is 82.3 Å². The number of aliphatic hydroxyl groups is 1. The van der Waals surface area contributed by atoms with Crippen LogP contribution in [0.3, 0.4) is 0 Å². The first-order chi connectivity index (χ1) is 13.7. The summed E-state index contributed by atoms with van der Waals surface area (Å²) in [4.78, 5) is 6.90. The molecule has 3 rings (SSSR count).